The van der Waals surface area contributed by atoms with Gasteiger partial charge < -0.3 is 5.32 Å². The lowest BCUT2D eigenvalue weighted by Crippen LogP contribution is -2.36. The third-order valence-electron chi connectivity index (χ3n) is 5.05. The molecule has 152 valence electrons. The van der Waals surface area contributed by atoms with Crippen molar-refractivity contribution >= 4 is 54.2 Å². The van der Waals surface area contributed by atoms with E-state index < -0.39 is 5.91 Å². The fourth-order valence-corrected chi connectivity index (χ4v) is 3.96. The molecule has 1 saturated heterocycles. The topological polar surface area (TPSA) is 77.5 Å². The maximum atomic E-state index is 11.0. The maximum Gasteiger partial charge on any atom is 0.267 e. The first-order valence-electron chi connectivity index (χ1n) is 8.94. The molecule has 3 N–H and O–H groups in total. The molecule has 6 nitrogen and oxygen atoms in total. The molecule has 0 aromatic carbocycles. The Morgan fingerprint density at radius 2 is 2.00 bits per heavy atom. The predicted octanol–water partition coefficient (Wildman–Crippen LogP) is 3.92. The van der Waals surface area contributed by atoms with Gasteiger partial charge in [0.05, 0.1) is 5.02 Å². The Morgan fingerprint density at radius 1 is 1.26 bits per heavy atom. The first kappa shape index (κ1) is 24.0. The number of likely N-dealkylation sites (tertiary alicyclic amines) is 1. The van der Waals surface area contributed by atoms with Gasteiger partial charge in [0.2, 0.25) is 0 Å². The number of carbonyl (C=O) groups is 1. The minimum absolute atomic E-state index is 0. The van der Waals surface area contributed by atoms with Crippen LogP contribution in [0.15, 0.2) is 18.3 Å². The molecule has 0 spiro atoms. The van der Waals surface area contributed by atoms with E-state index in [-0.39, 0.29) is 24.8 Å². The van der Waals surface area contributed by atoms with Gasteiger partial charge in [0.25, 0.3) is 5.91 Å². The molecular formula is C18H27Cl3N4O2. The van der Waals surface area contributed by atoms with Gasteiger partial charge in [-0.05, 0) is 37.0 Å². The van der Waals surface area contributed by atoms with Crippen LogP contribution in [0.3, 0.4) is 0 Å². The largest absolute Gasteiger partial charge is 0.365 e. The van der Waals surface area contributed by atoms with E-state index in [0.717, 1.165) is 25.6 Å². The van der Waals surface area contributed by atoms with Gasteiger partial charge in [-0.1, -0.05) is 30.9 Å². The second-order valence-corrected chi connectivity index (χ2v) is 7.23. The molecule has 1 saturated carbocycles. The van der Waals surface area contributed by atoms with Crippen LogP contribution in [-0.2, 0) is 4.79 Å². The van der Waals surface area contributed by atoms with Crippen molar-refractivity contribution < 1.29 is 10.0 Å². The number of hydrogen-bond acceptors (Lipinski definition) is 5. The van der Waals surface area contributed by atoms with E-state index in [9.17, 15) is 4.79 Å². The number of hydrogen-bond donors (Lipinski definition) is 3. The van der Waals surface area contributed by atoms with Crippen LogP contribution in [0.4, 0.5) is 5.82 Å². The summed E-state index contributed by atoms with van der Waals surface area (Å²) in [6, 6.07) is 2.87. The standard InChI is InChI=1S/C18H25ClN4O2.2ClH/c19-16-10-13(6-7-17(24)22-25)11-20-18(16)21-14-8-9-23(12-14)15-4-2-1-3-5-15;;/h6-7,10-11,14-15,25H,1-5,8-9,12H2,(H,20,21)(H,22,24);2*1H/t14-;;/m1../s1. The Morgan fingerprint density at radius 3 is 2.67 bits per heavy atom. The quantitative estimate of drug-likeness (QED) is 0.370. The second-order valence-electron chi connectivity index (χ2n) is 6.83. The summed E-state index contributed by atoms with van der Waals surface area (Å²) in [7, 11) is 0. The van der Waals surface area contributed by atoms with Crippen molar-refractivity contribution in [2.45, 2.75) is 50.6 Å². The average molecular weight is 438 g/mol. The van der Waals surface area contributed by atoms with Crippen LogP contribution in [0.2, 0.25) is 5.02 Å². The molecule has 2 fully saturated rings. The number of aromatic nitrogens is 1. The summed E-state index contributed by atoms with van der Waals surface area (Å²) in [6.07, 6.45) is 12.3. The van der Waals surface area contributed by atoms with E-state index in [4.69, 9.17) is 16.8 Å². The molecule has 1 amide bonds. The Hall–Kier alpha value is -1.05. The molecule has 0 bridgehead atoms. The monoisotopic (exact) mass is 436 g/mol. The van der Waals surface area contributed by atoms with Crippen molar-refractivity contribution in [1.82, 2.24) is 15.4 Å². The zero-order valence-electron chi connectivity index (χ0n) is 15.1. The summed E-state index contributed by atoms with van der Waals surface area (Å²) in [4.78, 5) is 18.0. The van der Waals surface area contributed by atoms with Gasteiger partial charge in [0, 0.05) is 37.4 Å². The normalized spacial score (nSPS) is 20.7. The van der Waals surface area contributed by atoms with Crippen molar-refractivity contribution in [3.05, 3.63) is 28.9 Å². The van der Waals surface area contributed by atoms with Crippen LogP contribution < -0.4 is 10.8 Å². The Kier molecular flexibility index (Phi) is 10.4. The summed E-state index contributed by atoms with van der Waals surface area (Å²) in [5.74, 6) is 0.0907. The summed E-state index contributed by atoms with van der Waals surface area (Å²) < 4.78 is 0. The minimum atomic E-state index is -0.591. The highest BCUT2D eigenvalue weighted by Crippen LogP contribution is 2.28. The molecule has 1 aliphatic heterocycles. The lowest BCUT2D eigenvalue weighted by Gasteiger charge is -2.31. The first-order chi connectivity index (χ1) is 12.2. The van der Waals surface area contributed by atoms with Gasteiger partial charge in [-0.15, -0.1) is 24.8 Å². The lowest BCUT2D eigenvalue weighted by molar-refractivity contribution is -0.124. The fraction of sp³-hybridized carbons (Fsp3) is 0.556. The molecule has 9 heteroatoms. The van der Waals surface area contributed by atoms with Crippen molar-refractivity contribution in [3.63, 3.8) is 0 Å². The number of hydroxylamine groups is 1. The average Bonchev–Trinajstić information content (AvgIpc) is 3.11. The number of carbonyl (C=O) groups excluding carboxylic acids is 1. The maximum absolute atomic E-state index is 11.0. The highest BCUT2D eigenvalue weighted by atomic mass is 35.5. The second kappa shape index (κ2) is 11.7. The van der Waals surface area contributed by atoms with Gasteiger partial charge in [-0.2, -0.15) is 0 Å². The van der Waals surface area contributed by atoms with Gasteiger partial charge in [0.15, 0.2) is 0 Å². The number of anilines is 1. The third kappa shape index (κ3) is 6.80. The van der Waals surface area contributed by atoms with Gasteiger partial charge >= 0.3 is 0 Å². The zero-order valence-corrected chi connectivity index (χ0v) is 17.5. The van der Waals surface area contributed by atoms with E-state index in [0.29, 0.717) is 22.4 Å². The molecule has 0 radical (unpaired) electrons. The van der Waals surface area contributed by atoms with E-state index in [1.807, 2.05) is 0 Å². The van der Waals surface area contributed by atoms with Gasteiger partial charge in [0.1, 0.15) is 5.82 Å². The Labute approximate surface area is 177 Å². The zero-order chi connectivity index (χ0) is 17.6. The SMILES string of the molecule is Cl.Cl.O=C(C=Cc1cnc(N[C@@H]2CCN(C3CCCCC3)C2)c(Cl)c1)NO. The minimum Gasteiger partial charge on any atom is -0.365 e. The number of pyridine rings is 1. The van der Waals surface area contributed by atoms with Crippen molar-refractivity contribution in [1.29, 1.82) is 0 Å². The summed E-state index contributed by atoms with van der Waals surface area (Å²) >= 11 is 6.32. The molecule has 27 heavy (non-hydrogen) atoms. The van der Waals surface area contributed by atoms with E-state index in [2.05, 4.69) is 15.2 Å². The van der Waals surface area contributed by atoms with Gasteiger partial charge in [-0.3, -0.25) is 14.9 Å². The smallest absolute Gasteiger partial charge is 0.267 e. The summed E-state index contributed by atoms with van der Waals surface area (Å²) in [5, 5.41) is 12.5. The van der Waals surface area contributed by atoms with E-state index in [1.165, 1.54) is 38.2 Å². The molecule has 2 heterocycles. The molecule has 1 atom stereocenters. The van der Waals surface area contributed by atoms with Crippen LogP contribution in [0.25, 0.3) is 6.08 Å². The molecule has 1 aliphatic carbocycles. The molecular weight excluding hydrogens is 411 g/mol. The molecule has 0 unspecified atom stereocenters. The third-order valence-corrected chi connectivity index (χ3v) is 5.34. The van der Waals surface area contributed by atoms with Crippen LogP contribution in [-0.4, -0.2) is 46.2 Å². The molecule has 3 rings (SSSR count). The van der Waals surface area contributed by atoms with Crippen molar-refractivity contribution in [2.75, 3.05) is 18.4 Å². The predicted molar refractivity (Wildman–Crippen MR) is 113 cm³/mol. The number of rotatable bonds is 5. The number of nitrogens with zero attached hydrogens (tertiary/aromatic N) is 2. The van der Waals surface area contributed by atoms with Crippen molar-refractivity contribution in [2.24, 2.45) is 0 Å². The van der Waals surface area contributed by atoms with E-state index >= 15 is 0 Å². The molecule has 1 aromatic rings. The Balaban J connectivity index is 0.00000182. The van der Waals surface area contributed by atoms with Crippen LogP contribution in [0.1, 0.15) is 44.1 Å². The number of halogens is 3. The van der Waals surface area contributed by atoms with Crippen LogP contribution >= 0.6 is 36.4 Å². The highest BCUT2D eigenvalue weighted by molar-refractivity contribution is 6.33. The van der Waals surface area contributed by atoms with Crippen LogP contribution in [0.5, 0.6) is 0 Å². The highest BCUT2D eigenvalue weighted by Gasteiger charge is 2.29. The number of nitrogens with one attached hydrogen (secondary N) is 2. The van der Waals surface area contributed by atoms with Crippen molar-refractivity contribution in [3.8, 4) is 0 Å². The van der Waals surface area contributed by atoms with Crippen LogP contribution in [0, 0.1) is 0 Å². The summed E-state index contributed by atoms with van der Waals surface area (Å²) in [6.45, 7) is 2.18. The van der Waals surface area contributed by atoms with Gasteiger partial charge in [-0.25, -0.2) is 10.5 Å². The lowest BCUT2D eigenvalue weighted by atomic mass is 9.94. The summed E-state index contributed by atoms with van der Waals surface area (Å²) in [5.41, 5.74) is 2.25. The number of amides is 1. The van der Waals surface area contributed by atoms with E-state index in [1.54, 1.807) is 23.8 Å². The fourth-order valence-electron chi connectivity index (χ4n) is 3.74. The first-order valence-corrected chi connectivity index (χ1v) is 9.32. The molecule has 2 aliphatic rings. The molecule has 1 aromatic heterocycles. The Bertz CT molecular complexity index is 639.